The van der Waals surface area contributed by atoms with Crippen LogP contribution in [0.4, 0.5) is 8.78 Å². The number of amides is 1. The summed E-state index contributed by atoms with van der Waals surface area (Å²) < 4.78 is 33.4. The molecule has 10 heteroatoms. The van der Waals surface area contributed by atoms with Crippen LogP contribution < -0.4 is 4.74 Å². The van der Waals surface area contributed by atoms with Crippen molar-refractivity contribution in [1.29, 1.82) is 0 Å². The van der Waals surface area contributed by atoms with Crippen LogP contribution in [-0.2, 0) is 13.1 Å². The summed E-state index contributed by atoms with van der Waals surface area (Å²) in [7, 11) is 1.35. The number of halogens is 2. The first kappa shape index (κ1) is 16.6. The molecule has 3 heterocycles. The molecule has 1 aliphatic rings. The van der Waals surface area contributed by atoms with Gasteiger partial charge in [-0.05, 0) is 24.3 Å². The maximum absolute atomic E-state index is 13.7. The van der Waals surface area contributed by atoms with Crippen LogP contribution in [0.5, 0.6) is 5.88 Å². The van der Waals surface area contributed by atoms with Crippen LogP contribution in [-0.4, -0.2) is 44.2 Å². The number of nitrogens with zero attached hydrogens (tertiary/aromatic N) is 5. The Morgan fingerprint density at radius 1 is 1.19 bits per heavy atom. The van der Waals surface area contributed by atoms with Gasteiger partial charge in [-0.2, -0.15) is 9.37 Å². The van der Waals surface area contributed by atoms with Crippen LogP contribution in [0.15, 0.2) is 24.3 Å². The van der Waals surface area contributed by atoms with Crippen LogP contribution in [0.2, 0.25) is 0 Å². The van der Waals surface area contributed by atoms with E-state index in [-0.39, 0.29) is 18.3 Å². The summed E-state index contributed by atoms with van der Waals surface area (Å²) in [6.45, 7) is 1.14. The van der Waals surface area contributed by atoms with Crippen molar-refractivity contribution in [3.05, 3.63) is 46.6 Å². The van der Waals surface area contributed by atoms with Crippen LogP contribution in [0, 0.1) is 10.9 Å². The summed E-state index contributed by atoms with van der Waals surface area (Å²) in [6.07, 6.45) is 0. The van der Waals surface area contributed by atoms with Gasteiger partial charge in [-0.3, -0.25) is 4.79 Å². The van der Waals surface area contributed by atoms with Crippen molar-refractivity contribution >= 4 is 17.2 Å². The van der Waals surface area contributed by atoms with Gasteiger partial charge in [0.1, 0.15) is 5.82 Å². The van der Waals surface area contributed by atoms with E-state index in [4.69, 9.17) is 4.74 Å². The standard InChI is InChI=1S/C16H13F2N5O2S/c1-25-14-12(18)26-15(19-14)13-21-20-11-8-22(6-7-23(11)13)16(24)9-2-4-10(17)5-3-9/h2-5H,6-8H2,1H3. The monoisotopic (exact) mass is 377 g/mol. The smallest absolute Gasteiger partial charge is 0.262 e. The molecule has 134 valence electrons. The molecule has 1 aromatic carbocycles. The quantitative estimate of drug-likeness (QED) is 0.701. The molecule has 7 nitrogen and oxygen atoms in total. The predicted molar refractivity (Wildman–Crippen MR) is 88.8 cm³/mol. The van der Waals surface area contributed by atoms with Crippen molar-refractivity contribution in [3.8, 4) is 16.7 Å². The Morgan fingerprint density at radius 2 is 1.96 bits per heavy atom. The highest BCUT2D eigenvalue weighted by atomic mass is 32.1. The molecular weight excluding hydrogens is 364 g/mol. The van der Waals surface area contributed by atoms with Crippen LogP contribution in [0.1, 0.15) is 16.2 Å². The molecule has 0 saturated carbocycles. The van der Waals surface area contributed by atoms with Crippen molar-refractivity contribution in [2.45, 2.75) is 13.1 Å². The van der Waals surface area contributed by atoms with Crippen LogP contribution in [0.3, 0.4) is 0 Å². The molecule has 3 aromatic rings. The number of rotatable bonds is 3. The number of methoxy groups -OCH3 is 1. The second kappa shape index (κ2) is 6.45. The molecule has 0 atom stereocenters. The number of aromatic nitrogens is 4. The van der Waals surface area contributed by atoms with Crippen molar-refractivity contribution < 1.29 is 18.3 Å². The molecule has 0 bridgehead atoms. The molecule has 0 radical (unpaired) electrons. The molecular formula is C16H13F2N5O2S. The van der Waals surface area contributed by atoms with Gasteiger partial charge in [-0.15, -0.1) is 10.2 Å². The van der Waals surface area contributed by atoms with Gasteiger partial charge >= 0.3 is 0 Å². The van der Waals surface area contributed by atoms with Gasteiger partial charge in [0.05, 0.1) is 13.7 Å². The Kier molecular flexibility index (Phi) is 4.11. The lowest BCUT2D eigenvalue weighted by Crippen LogP contribution is -2.38. The normalized spacial score (nSPS) is 13.6. The SMILES string of the molecule is COc1nc(-c2nnc3n2CCN(C(=O)c2ccc(F)cc2)C3)sc1F. The topological polar surface area (TPSA) is 73.1 Å². The van der Waals surface area contributed by atoms with E-state index >= 15 is 0 Å². The molecule has 26 heavy (non-hydrogen) atoms. The third kappa shape index (κ3) is 2.81. The maximum atomic E-state index is 13.7. The Hall–Kier alpha value is -2.88. The Balaban J connectivity index is 1.57. The number of carbonyl (C=O) groups excluding carboxylic acids is 1. The Morgan fingerprint density at radius 3 is 2.65 bits per heavy atom. The van der Waals surface area contributed by atoms with E-state index in [1.807, 2.05) is 4.57 Å². The second-order valence-electron chi connectivity index (χ2n) is 5.63. The van der Waals surface area contributed by atoms with Crippen LogP contribution in [0.25, 0.3) is 10.8 Å². The van der Waals surface area contributed by atoms with E-state index in [9.17, 15) is 13.6 Å². The first-order valence-electron chi connectivity index (χ1n) is 7.74. The lowest BCUT2D eigenvalue weighted by atomic mass is 10.2. The van der Waals surface area contributed by atoms with Gasteiger partial charge in [0, 0.05) is 18.7 Å². The van der Waals surface area contributed by atoms with Gasteiger partial charge in [0.15, 0.2) is 16.7 Å². The number of carbonyl (C=O) groups is 1. The number of hydrogen-bond donors (Lipinski definition) is 0. The molecule has 0 aliphatic carbocycles. The molecule has 0 unspecified atom stereocenters. The van der Waals surface area contributed by atoms with E-state index < -0.39 is 10.9 Å². The minimum atomic E-state index is -0.524. The zero-order chi connectivity index (χ0) is 18.3. The van der Waals surface area contributed by atoms with E-state index in [1.54, 1.807) is 4.90 Å². The first-order chi connectivity index (χ1) is 12.6. The van der Waals surface area contributed by atoms with Gasteiger partial charge in [-0.25, -0.2) is 4.39 Å². The van der Waals surface area contributed by atoms with Gasteiger partial charge in [0.25, 0.3) is 11.8 Å². The highest BCUT2D eigenvalue weighted by molar-refractivity contribution is 7.13. The number of ether oxygens (including phenoxy) is 1. The van der Waals surface area contributed by atoms with Gasteiger partial charge in [-0.1, -0.05) is 11.3 Å². The van der Waals surface area contributed by atoms with E-state index in [1.165, 1.54) is 31.4 Å². The molecule has 4 rings (SSSR count). The third-order valence-corrected chi connectivity index (χ3v) is 4.89. The summed E-state index contributed by atoms with van der Waals surface area (Å²) in [4.78, 5) is 18.2. The fraction of sp³-hybridized carbons (Fsp3) is 0.250. The average molecular weight is 377 g/mol. The average Bonchev–Trinajstić information content (AvgIpc) is 3.24. The predicted octanol–water partition coefficient (Wildman–Crippen LogP) is 2.34. The first-order valence-corrected chi connectivity index (χ1v) is 8.56. The number of benzene rings is 1. The number of hydrogen-bond acceptors (Lipinski definition) is 6. The molecule has 2 aromatic heterocycles. The molecule has 1 amide bonds. The lowest BCUT2D eigenvalue weighted by Gasteiger charge is -2.27. The van der Waals surface area contributed by atoms with Gasteiger partial charge < -0.3 is 14.2 Å². The fourth-order valence-corrected chi connectivity index (χ4v) is 3.53. The van der Waals surface area contributed by atoms with Crippen molar-refractivity contribution in [1.82, 2.24) is 24.6 Å². The summed E-state index contributed by atoms with van der Waals surface area (Å²) in [5, 5.41) is 8.03. The highest BCUT2D eigenvalue weighted by Gasteiger charge is 2.27. The largest absolute Gasteiger partial charge is 0.478 e. The van der Waals surface area contributed by atoms with Crippen molar-refractivity contribution in [3.63, 3.8) is 0 Å². The zero-order valence-electron chi connectivity index (χ0n) is 13.6. The number of fused-ring (bicyclic) bond motifs is 1. The molecule has 0 spiro atoms. The number of thiazole rings is 1. The summed E-state index contributed by atoms with van der Waals surface area (Å²) in [5.74, 6) is 0.349. The summed E-state index contributed by atoms with van der Waals surface area (Å²) in [6, 6.07) is 5.41. The lowest BCUT2D eigenvalue weighted by molar-refractivity contribution is 0.0708. The van der Waals surface area contributed by atoms with Crippen molar-refractivity contribution in [2.24, 2.45) is 0 Å². The maximum Gasteiger partial charge on any atom is 0.262 e. The molecule has 0 fully saturated rings. The summed E-state index contributed by atoms with van der Waals surface area (Å²) >= 11 is 0.833. The molecule has 0 saturated heterocycles. The third-order valence-electron chi connectivity index (χ3n) is 4.07. The van der Waals surface area contributed by atoms with Gasteiger partial charge in [0.2, 0.25) is 5.13 Å². The minimum absolute atomic E-state index is 0.0775. The fourth-order valence-electron chi connectivity index (χ4n) is 2.77. The van der Waals surface area contributed by atoms with Crippen molar-refractivity contribution in [2.75, 3.05) is 13.7 Å². The zero-order valence-corrected chi connectivity index (χ0v) is 14.5. The Labute approximate surface area is 150 Å². The van der Waals surface area contributed by atoms with E-state index in [0.29, 0.717) is 35.3 Å². The minimum Gasteiger partial charge on any atom is -0.478 e. The van der Waals surface area contributed by atoms with E-state index in [0.717, 1.165) is 11.3 Å². The Bertz CT molecular complexity index is 970. The molecule has 1 aliphatic heterocycles. The second-order valence-corrected chi connectivity index (χ2v) is 6.58. The highest BCUT2D eigenvalue weighted by Crippen LogP contribution is 2.31. The molecule has 0 N–H and O–H groups in total. The van der Waals surface area contributed by atoms with E-state index in [2.05, 4.69) is 15.2 Å². The van der Waals surface area contributed by atoms with Crippen LogP contribution >= 0.6 is 11.3 Å². The summed E-state index contributed by atoms with van der Waals surface area (Å²) in [5.41, 5.74) is 0.409.